The molecule has 5 heteroatoms. The summed E-state index contributed by atoms with van der Waals surface area (Å²) >= 11 is 1.57. The van der Waals surface area contributed by atoms with Crippen LogP contribution < -0.4 is 11.1 Å². The summed E-state index contributed by atoms with van der Waals surface area (Å²) in [6, 6.07) is 5.58. The monoisotopic (exact) mass is 299 g/mol. The Hall–Kier alpha value is -2.16. The zero-order chi connectivity index (χ0) is 15.2. The van der Waals surface area contributed by atoms with Crippen molar-refractivity contribution in [1.29, 1.82) is 0 Å². The third-order valence-electron chi connectivity index (χ3n) is 2.95. The molecule has 108 valence electrons. The number of carbonyl (C=O) groups excluding carboxylic acids is 1. The molecule has 0 aliphatic carbocycles. The summed E-state index contributed by atoms with van der Waals surface area (Å²) in [6.07, 6.45) is 0. The maximum atomic E-state index is 12.2. The topological polar surface area (TPSA) is 68.0 Å². The minimum Gasteiger partial charge on any atom is -0.347 e. The zero-order valence-corrected chi connectivity index (χ0v) is 12.9. The molecule has 0 aliphatic heterocycles. The van der Waals surface area contributed by atoms with Crippen LogP contribution in [0.3, 0.4) is 0 Å². The van der Waals surface area contributed by atoms with Crippen LogP contribution in [-0.4, -0.2) is 17.4 Å². The highest BCUT2D eigenvalue weighted by Gasteiger charge is 2.11. The van der Waals surface area contributed by atoms with Gasteiger partial charge in [0.25, 0.3) is 5.91 Å². The second-order valence-corrected chi connectivity index (χ2v) is 5.53. The summed E-state index contributed by atoms with van der Waals surface area (Å²) in [5, 5.41) is 4.87. The van der Waals surface area contributed by atoms with Gasteiger partial charge in [0.2, 0.25) is 0 Å². The number of aryl methyl sites for hydroxylation is 2. The van der Waals surface area contributed by atoms with E-state index in [9.17, 15) is 4.79 Å². The van der Waals surface area contributed by atoms with E-state index in [2.05, 4.69) is 22.1 Å². The average molecular weight is 299 g/mol. The van der Waals surface area contributed by atoms with Gasteiger partial charge >= 0.3 is 0 Å². The number of nitrogens with one attached hydrogen (secondary N) is 1. The molecule has 0 unspecified atom stereocenters. The Morgan fingerprint density at radius 2 is 2.19 bits per heavy atom. The molecule has 0 radical (unpaired) electrons. The van der Waals surface area contributed by atoms with E-state index in [-0.39, 0.29) is 5.91 Å². The molecule has 0 saturated heterocycles. The normalized spacial score (nSPS) is 9.86. The van der Waals surface area contributed by atoms with Gasteiger partial charge in [0, 0.05) is 16.1 Å². The molecule has 4 nitrogen and oxygen atoms in total. The fourth-order valence-electron chi connectivity index (χ4n) is 1.92. The number of carbonyl (C=O) groups is 1. The molecule has 0 spiro atoms. The van der Waals surface area contributed by atoms with Gasteiger partial charge in [-0.1, -0.05) is 11.8 Å². The molecular formula is C16H17N3OS. The molecule has 0 saturated carbocycles. The van der Waals surface area contributed by atoms with E-state index < -0.39 is 0 Å². The highest BCUT2D eigenvalue weighted by molar-refractivity contribution is 7.10. The third-order valence-corrected chi connectivity index (χ3v) is 3.87. The zero-order valence-electron chi connectivity index (χ0n) is 12.1. The van der Waals surface area contributed by atoms with E-state index >= 15 is 0 Å². The first-order valence-corrected chi connectivity index (χ1v) is 7.47. The van der Waals surface area contributed by atoms with Crippen LogP contribution >= 0.6 is 11.3 Å². The predicted molar refractivity (Wildman–Crippen MR) is 85.1 cm³/mol. The van der Waals surface area contributed by atoms with Crippen LogP contribution in [0, 0.1) is 25.7 Å². The number of pyridine rings is 1. The van der Waals surface area contributed by atoms with Gasteiger partial charge in [0.15, 0.2) is 0 Å². The molecule has 2 rings (SSSR count). The first kappa shape index (κ1) is 15.2. The van der Waals surface area contributed by atoms with E-state index in [0.29, 0.717) is 18.7 Å². The van der Waals surface area contributed by atoms with E-state index in [1.165, 1.54) is 0 Å². The first-order valence-electron chi connectivity index (χ1n) is 6.59. The Kier molecular flexibility index (Phi) is 5.09. The molecule has 2 aromatic heterocycles. The molecule has 0 bridgehead atoms. The van der Waals surface area contributed by atoms with Crippen LogP contribution in [0.25, 0.3) is 0 Å². The Balaban J connectivity index is 2.06. The largest absolute Gasteiger partial charge is 0.347 e. The van der Waals surface area contributed by atoms with Gasteiger partial charge in [-0.15, -0.1) is 11.3 Å². The molecule has 0 aromatic carbocycles. The molecule has 2 heterocycles. The SMILES string of the molecule is Cc1ccc(C(=O)NCc2sccc2C#CCN)c(C)n1. The van der Waals surface area contributed by atoms with Crippen molar-refractivity contribution in [2.45, 2.75) is 20.4 Å². The Morgan fingerprint density at radius 3 is 2.90 bits per heavy atom. The Bertz CT molecular complexity index is 710. The van der Waals surface area contributed by atoms with Crippen molar-refractivity contribution >= 4 is 17.2 Å². The fourth-order valence-corrected chi connectivity index (χ4v) is 2.69. The van der Waals surface area contributed by atoms with Gasteiger partial charge < -0.3 is 11.1 Å². The van der Waals surface area contributed by atoms with Gasteiger partial charge in [0.1, 0.15) is 0 Å². The van der Waals surface area contributed by atoms with Gasteiger partial charge in [-0.2, -0.15) is 0 Å². The number of nitrogens with two attached hydrogens (primary N) is 1. The van der Waals surface area contributed by atoms with Crippen molar-refractivity contribution in [3.63, 3.8) is 0 Å². The van der Waals surface area contributed by atoms with Gasteiger partial charge in [-0.05, 0) is 37.4 Å². The fraction of sp³-hybridized carbons (Fsp3) is 0.250. The number of hydrogen-bond acceptors (Lipinski definition) is 4. The minimum atomic E-state index is -0.119. The molecule has 0 fully saturated rings. The molecule has 2 aromatic rings. The Morgan fingerprint density at radius 1 is 1.38 bits per heavy atom. The van der Waals surface area contributed by atoms with E-state index in [1.54, 1.807) is 17.4 Å². The molecule has 0 atom stereocenters. The Labute approximate surface area is 128 Å². The van der Waals surface area contributed by atoms with Crippen molar-refractivity contribution in [2.75, 3.05) is 6.54 Å². The summed E-state index contributed by atoms with van der Waals surface area (Å²) < 4.78 is 0. The van der Waals surface area contributed by atoms with E-state index in [4.69, 9.17) is 5.73 Å². The van der Waals surface area contributed by atoms with Crippen LogP contribution in [0.15, 0.2) is 23.6 Å². The first-order chi connectivity index (χ1) is 10.1. The summed E-state index contributed by atoms with van der Waals surface area (Å²) in [7, 11) is 0. The number of hydrogen-bond donors (Lipinski definition) is 2. The lowest BCUT2D eigenvalue weighted by Gasteiger charge is -2.07. The third kappa shape index (κ3) is 3.91. The molecule has 0 aliphatic rings. The maximum absolute atomic E-state index is 12.2. The van der Waals surface area contributed by atoms with Crippen molar-refractivity contribution in [3.05, 3.63) is 51.0 Å². The summed E-state index contributed by atoms with van der Waals surface area (Å²) in [5.74, 6) is 5.72. The van der Waals surface area contributed by atoms with E-state index in [0.717, 1.165) is 21.8 Å². The number of rotatable bonds is 3. The minimum absolute atomic E-state index is 0.119. The van der Waals surface area contributed by atoms with Gasteiger partial charge in [-0.25, -0.2) is 0 Å². The molecule has 21 heavy (non-hydrogen) atoms. The molecule has 3 N–H and O–H groups in total. The summed E-state index contributed by atoms with van der Waals surface area (Å²) in [6.45, 7) is 4.53. The predicted octanol–water partition coefficient (Wildman–Crippen LogP) is 2.00. The van der Waals surface area contributed by atoms with Gasteiger partial charge in [-0.3, -0.25) is 9.78 Å². The average Bonchev–Trinajstić information content (AvgIpc) is 2.90. The van der Waals surface area contributed by atoms with Crippen LogP contribution in [0.1, 0.15) is 32.2 Å². The van der Waals surface area contributed by atoms with Crippen molar-refractivity contribution in [1.82, 2.24) is 10.3 Å². The summed E-state index contributed by atoms with van der Waals surface area (Å²) in [5.41, 5.74) is 8.54. The van der Waals surface area contributed by atoms with Crippen LogP contribution in [0.5, 0.6) is 0 Å². The van der Waals surface area contributed by atoms with Crippen LogP contribution in [-0.2, 0) is 6.54 Å². The lowest BCUT2D eigenvalue weighted by Crippen LogP contribution is -2.24. The smallest absolute Gasteiger partial charge is 0.253 e. The van der Waals surface area contributed by atoms with Crippen molar-refractivity contribution < 1.29 is 4.79 Å². The van der Waals surface area contributed by atoms with Crippen LogP contribution in [0.4, 0.5) is 0 Å². The number of amides is 1. The number of thiophene rings is 1. The summed E-state index contributed by atoms with van der Waals surface area (Å²) in [4.78, 5) is 17.5. The second-order valence-electron chi connectivity index (χ2n) is 4.53. The van der Waals surface area contributed by atoms with E-state index in [1.807, 2.05) is 31.4 Å². The van der Waals surface area contributed by atoms with Crippen molar-refractivity contribution in [2.24, 2.45) is 5.73 Å². The standard InChI is InChI=1S/C16H17N3OS/c1-11-5-6-14(12(2)19-11)16(20)18-10-15-13(4-3-8-17)7-9-21-15/h5-7,9H,8,10,17H2,1-2H3,(H,18,20). The maximum Gasteiger partial charge on any atom is 0.253 e. The quantitative estimate of drug-likeness (QED) is 0.852. The number of nitrogens with zero attached hydrogens (tertiary/aromatic N) is 1. The molecular weight excluding hydrogens is 282 g/mol. The number of aromatic nitrogens is 1. The highest BCUT2D eigenvalue weighted by atomic mass is 32.1. The second kappa shape index (κ2) is 7.02. The highest BCUT2D eigenvalue weighted by Crippen LogP contribution is 2.16. The lowest BCUT2D eigenvalue weighted by atomic mass is 10.1. The van der Waals surface area contributed by atoms with Crippen molar-refractivity contribution in [3.8, 4) is 11.8 Å². The molecule has 1 amide bonds. The van der Waals surface area contributed by atoms with Crippen LogP contribution in [0.2, 0.25) is 0 Å². The van der Waals surface area contributed by atoms with Gasteiger partial charge in [0.05, 0.1) is 24.3 Å². The lowest BCUT2D eigenvalue weighted by molar-refractivity contribution is 0.0950.